The van der Waals surface area contributed by atoms with Crippen molar-refractivity contribution < 1.29 is 13.6 Å². The van der Waals surface area contributed by atoms with E-state index in [9.17, 15) is 13.6 Å². The van der Waals surface area contributed by atoms with Gasteiger partial charge in [0.2, 0.25) is 0 Å². The molecule has 8 heteroatoms. The molecule has 1 aromatic heterocycles. The maximum atomic E-state index is 13.9. The number of thioether (sulfide) groups is 1. The summed E-state index contributed by atoms with van der Waals surface area (Å²) in [6, 6.07) is 3.57. The molecule has 1 fully saturated rings. The highest BCUT2D eigenvalue weighted by molar-refractivity contribution is 7.99. The maximum absolute atomic E-state index is 13.9. The number of benzene rings is 1. The summed E-state index contributed by atoms with van der Waals surface area (Å²) in [5.41, 5.74) is 2.90. The van der Waals surface area contributed by atoms with Gasteiger partial charge in [-0.25, -0.2) is 8.78 Å². The van der Waals surface area contributed by atoms with Gasteiger partial charge < -0.3 is 10.2 Å². The number of carbonyl (C=O) groups excluding carboxylic acids is 1. The van der Waals surface area contributed by atoms with Gasteiger partial charge in [0.1, 0.15) is 11.6 Å². The van der Waals surface area contributed by atoms with E-state index >= 15 is 0 Å². The Balaban J connectivity index is 1.52. The summed E-state index contributed by atoms with van der Waals surface area (Å²) in [6.07, 6.45) is 4.06. The highest BCUT2D eigenvalue weighted by atomic mass is 32.2. The highest BCUT2D eigenvalue weighted by Gasteiger charge is 2.31. The lowest BCUT2D eigenvalue weighted by Crippen LogP contribution is -2.39. The molecule has 160 valence electrons. The normalized spacial score (nSPS) is 18.9. The first kappa shape index (κ1) is 21.1. The molecule has 0 bridgehead atoms. The second-order valence-corrected chi connectivity index (χ2v) is 8.93. The van der Waals surface area contributed by atoms with E-state index in [2.05, 4.69) is 17.0 Å². The zero-order valence-electron chi connectivity index (χ0n) is 16.9. The van der Waals surface area contributed by atoms with Crippen LogP contribution in [-0.4, -0.2) is 51.2 Å². The Morgan fingerprint density at radius 2 is 2.13 bits per heavy atom. The Bertz CT molecular complexity index is 939. The van der Waals surface area contributed by atoms with E-state index in [0.29, 0.717) is 24.2 Å². The number of hydrogen-bond acceptors (Lipinski definition) is 4. The summed E-state index contributed by atoms with van der Waals surface area (Å²) in [6.45, 7) is 6.11. The summed E-state index contributed by atoms with van der Waals surface area (Å²) in [5, 5.41) is 7.99. The van der Waals surface area contributed by atoms with Crippen molar-refractivity contribution in [2.24, 2.45) is 0 Å². The molecule has 1 saturated heterocycles. The quantitative estimate of drug-likeness (QED) is 0.713. The Morgan fingerprint density at radius 3 is 2.90 bits per heavy atom. The van der Waals surface area contributed by atoms with Crippen LogP contribution in [0.4, 0.5) is 8.78 Å². The van der Waals surface area contributed by atoms with Crippen molar-refractivity contribution in [2.45, 2.75) is 38.4 Å². The zero-order valence-corrected chi connectivity index (χ0v) is 17.7. The van der Waals surface area contributed by atoms with Crippen LogP contribution in [0.25, 0.3) is 0 Å². The number of halogens is 2. The topological polar surface area (TPSA) is 50.2 Å². The van der Waals surface area contributed by atoms with Crippen LogP contribution in [0.2, 0.25) is 0 Å². The molecule has 1 N–H and O–H groups in total. The van der Waals surface area contributed by atoms with E-state index < -0.39 is 11.6 Å². The number of nitrogens with one attached hydrogen (secondary N) is 1. The molecular formula is C22H26F2N4OS. The number of fused-ring (bicyclic) bond motifs is 1. The lowest BCUT2D eigenvalue weighted by Gasteiger charge is -2.27. The second kappa shape index (κ2) is 9.31. The molecule has 2 heterocycles. The number of amides is 1. The van der Waals surface area contributed by atoms with Crippen LogP contribution in [0.5, 0.6) is 0 Å². The lowest BCUT2D eigenvalue weighted by atomic mass is 9.90. The average molecular weight is 433 g/mol. The summed E-state index contributed by atoms with van der Waals surface area (Å²) >= 11 is 1.86. The smallest absolute Gasteiger partial charge is 0.274 e. The summed E-state index contributed by atoms with van der Waals surface area (Å²) < 4.78 is 29.3. The number of allylic oxidation sites excluding steroid dienone is 1. The first-order chi connectivity index (χ1) is 14.6. The van der Waals surface area contributed by atoms with Gasteiger partial charge in [-0.3, -0.25) is 9.48 Å². The Kier molecular flexibility index (Phi) is 6.53. The van der Waals surface area contributed by atoms with Crippen molar-refractivity contribution in [1.29, 1.82) is 0 Å². The van der Waals surface area contributed by atoms with Gasteiger partial charge in [0.15, 0.2) is 5.69 Å². The van der Waals surface area contributed by atoms with Gasteiger partial charge >= 0.3 is 0 Å². The van der Waals surface area contributed by atoms with E-state index in [4.69, 9.17) is 0 Å². The van der Waals surface area contributed by atoms with Crippen LogP contribution in [-0.2, 0) is 25.9 Å². The van der Waals surface area contributed by atoms with Gasteiger partial charge in [0.05, 0.1) is 6.54 Å². The van der Waals surface area contributed by atoms with E-state index in [0.717, 1.165) is 60.8 Å². The average Bonchev–Trinajstić information content (AvgIpc) is 3.12. The van der Waals surface area contributed by atoms with Gasteiger partial charge in [-0.1, -0.05) is 6.08 Å². The lowest BCUT2D eigenvalue weighted by molar-refractivity contribution is 0.0764. The summed E-state index contributed by atoms with van der Waals surface area (Å²) in [7, 11) is 0. The van der Waals surface area contributed by atoms with E-state index in [1.165, 1.54) is 6.07 Å². The molecular weight excluding hydrogens is 406 g/mol. The van der Waals surface area contributed by atoms with Crippen LogP contribution in [0.15, 0.2) is 30.9 Å². The van der Waals surface area contributed by atoms with Gasteiger partial charge in [0, 0.05) is 54.0 Å². The van der Waals surface area contributed by atoms with Crippen LogP contribution in [0, 0.1) is 11.6 Å². The van der Waals surface area contributed by atoms with Crippen molar-refractivity contribution in [2.75, 3.05) is 24.6 Å². The van der Waals surface area contributed by atoms with Gasteiger partial charge in [-0.15, -0.1) is 6.58 Å². The van der Waals surface area contributed by atoms with Crippen LogP contribution >= 0.6 is 11.8 Å². The minimum absolute atomic E-state index is 0.00816. The first-order valence-corrected chi connectivity index (χ1v) is 11.5. The molecule has 0 spiro atoms. The van der Waals surface area contributed by atoms with Crippen LogP contribution in [0.3, 0.4) is 0 Å². The Hall–Kier alpha value is -2.19. The SMILES string of the molecule is C=CCn1nc(C(=O)N2CCSCC2)c2c1CCC(NCc1cc(F)ccc1F)C2. The highest BCUT2D eigenvalue weighted by Crippen LogP contribution is 2.27. The molecule has 1 aliphatic heterocycles. The van der Waals surface area contributed by atoms with E-state index in [1.807, 2.05) is 21.3 Å². The van der Waals surface area contributed by atoms with Crippen molar-refractivity contribution in [3.8, 4) is 0 Å². The van der Waals surface area contributed by atoms with E-state index in [1.54, 1.807) is 6.08 Å². The van der Waals surface area contributed by atoms with E-state index in [-0.39, 0.29) is 18.5 Å². The third-order valence-corrected chi connectivity index (χ3v) is 6.68. The molecule has 2 aliphatic rings. The fourth-order valence-electron chi connectivity index (χ4n) is 4.16. The Labute approximate surface area is 179 Å². The molecule has 1 amide bonds. The first-order valence-electron chi connectivity index (χ1n) is 10.3. The number of carbonyl (C=O) groups is 1. The third kappa shape index (κ3) is 4.44. The second-order valence-electron chi connectivity index (χ2n) is 7.71. The molecule has 1 aliphatic carbocycles. The van der Waals surface area contributed by atoms with Gasteiger partial charge in [-0.2, -0.15) is 16.9 Å². The molecule has 4 rings (SSSR count). The molecule has 2 aromatic rings. The Morgan fingerprint density at radius 1 is 1.33 bits per heavy atom. The molecule has 1 atom stereocenters. The number of nitrogens with zero attached hydrogens (tertiary/aromatic N) is 3. The van der Waals surface area contributed by atoms with Crippen LogP contribution < -0.4 is 5.32 Å². The molecule has 30 heavy (non-hydrogen) atoms. The standard InChI is InChI=1S/C22H26F2N4OS/c1-2-7-28-20-6-4-17(25-14-15-12-16(23)3-5-19(15)24)13-18(20)21(26-28)22(29)27-8-10-30-11-9-27/h2-3,5,12,17,25H,1,4,6-11,13-14H2. The third-order valence-electron chi connectivity index (χ3n) is 5.74. The fourth-order valence-corrected chi connectivity index (χ4v) is 5.06. The molecule has 0 radical (unpaired) electrons. The molecule has 1 unspecified atom stereocenters. The van der Waals surface area contributed by atoms with Gasteiger partial charge in [-0.05, 0) is 37.5 Å². The van der Waals surface area contributed by atoms with Crippen molar-refractivity contribution in [3.05, 3.63) is 65.0 Å². The van der Waals surface area contributed by atoms with Crippen molar-refractivity contribution in [3.63, 3.8) is 0 Å². The summed E-state index contributed by atoms with van der Waals surface area (Å²) in [4.78, 5) is 15.0. The van der Waals surface area contributed by atoms with Gasteiger partial charge in [0.25, 0.3) is 5.91 Å². The number of rotatable bonds is 6. The molecule has 0 saturated carbocycles. The minimum Gasteiger partial charge on any atom is -0.336 e. The summed E-state index contributed by atoms with van der Waals surface area (Å²) in [5.74, 6) is 1.02. The predicted molar refractivity (Wildman–Crippen MR) is 115 cm³/mol. The largest absolute Gasteiger partial charge is 0.336 e. The minimum atomic E-state index is -0.447. The van der Waals surface area contributed by atoms with Crippen molar-refractivity contribution >= 4 is 17.7 Å². The molecule has 1 aromatic carbocycles. The molecule has 5 nitrogen and oxygen atoms in total. The maximum Gasteiger partial charge on any atom is 0.274 e. The number of hydrogen-bond donors (Lipinski definition) is 1. The number of aromatic nitrogens is 2. The van der Waals surface area contributed by atoms with Crippen molar-refractivity contribution in [1.82, 2.24) is 20.0 Å². The predicted octanol–water partition coefficient (Wildman–Crippen LogP) is 3.18. The monoisotopic (exact) mass is 432 g/mol. The fraction of sp³-hybridized carbons (Fsp3) is 0.455. The van der Waals surface area contributed by atoms with Crippen LogP contribution in [0.1, 0.15) is 33.7 Å². The zero-order chi connectivity index (χ0) is 21.1.